The number of nitrogens with zero attached hydrogens (tertiary/aromatic N) is 1. The summed E-state index contributed by atoms with van der Waals surface area (Å²) < 4.78 is 11.2. The first-order valence-corrected chi connectivity index (χ1v) is 10.5. The van der Waals surface area contributed by atoms with E-state index < -0.39 is 0 Å². The number of amides is 1. The normalized spacial score (nSPS) is 14.7. The third kappa shape index (κ3) is 7.23. The molecular formula is C21H28N2O3S. The summed E-state index contributed by atoms with van der Waals surface area (Å²) in [6.07, 6.45) is 4.77. The molecule has 0 bridgehead atoms. The molecule has 0 unspecified atom stereocenters. The standard InChI is InChI=1S/C21H28N2O3S/c24-21(16-26-18-8-3-1-4-9-18)22-10-7-13-25-19-14-20(27-17-19)15-23-11-5-2-6-12-23/h1,3-4,8-9,14,17H,2,5-7,10-13,15-16H2,(H,22,24). The van der Waals surface area contributed by atoms with Gasteiger partial charge in [-0.1, -0.05) is 24.6 Å². The Hall–Kier alpha value is -2.05. The molecule has 1 aliphatic rings. The van der Waals surface area contributed by atoms with Crippen LogP contribution in [0, 0.1) is 0 Å². The number of rotatable bonds is 10. The summed E-state index contributed by atoms with van der Waals surface area (Å²) in [5, 5.41) is 4.93. The van der Waals surface area contributed by atoms with E-state index in [0.29, 0.717) is 18.9 Å². The van der Waals surface area contributed by atoms with Crippen LogP contribution in [0.15, 0.2) is 41.8 Å². The van der Waals surface area contributed by atoms with Gasteiger partial charge in [0.2, 0.25) is 0 Å². The number of carbonyl (C=O) groups excluding carboxylic acids is 1. The quantitative estimate of drug-likeness (QED) is 0.631. The highest BCUT2D eigenvalue weighted by Crippen LogP contribution is 2.24. The van der Waals surface area contributed by atoms with Crippen LogP contribution in [-0.2, 0) is 11.3 Å². The first kappa shape index (κ1) is 19.7. The van der Waals surface area contributed by atoms with E-state index in [1.807, 2.05) is 30.3 Å². The molecule has 6 heteroatoms. The second-order valence-corrected chi connectivity index (χ2v) is 7.74. The minimum absolute atomic E-state index is 0.0370. The first-order valence-electron chi connectivity index (χ1n) is 9.67. The van der Waals surface area contributed by atoms with E-state index in [0.717, 1.165) is 18.7 Å². The molecule has 0 atom stereocenters. The molecule has 3 rings (SSSR count). The van der Waals surface area contributed by atoms with Gasteiger partial charge in [0.15, 0.2) is 6.61 Å². The van der Waals surface area contributed by atoms with Crippen molar-refractivity contribution >= 4 is 17.2 Å². The van der Waals surface area contributed by atoms with Gasteiger partial charge in [0, 0.05) is 23.3 Å². The molecule has 1 amide bonds. The van der Waals surface area contributed by atoms with Gasteiger partial charge >= 0.3 is 0 Å². The Balaban J connectivity index is 1.25. The number of para-hydroxylation sites is 1. The molecule has 0 aliphatic carbocycles. The molecule has 1 aromatic heterocycles. The van der Waals surface area contributed by atoms with Gasteiger partial charge < -0.3 is 14.8 Å². The van der Waals surface area contributed by atoms with Crippen molar-refractivity contribution in [2.45, 2.75) is 32.2 Å². The summed E-state index contributed by atoms with van der Waals surface area (Å²) in [4.78, 5) is 15.6. The monoisotopic (exact) mass is 388 g/mol. The summed E-state index contributed by atoms with van der Waals surface area (Å²) in [6.45, 7) is 4.67. The van der Waals surface area contributed by atoms with E-state index in [9.17, 15) is 4.79 Å². The summed E-state index contributed by atoms with van der Waals surface area (Å²) in [6, 6.07) is 11.5. The van der Waals surface area contributed by atoms with Crippen LogP contribution in [0.4, 0.5) is 0 Å². The summed E-state index contributed by atoms with van der Waals surface area (Å²) in [5.41, 5.74) is 0. The number of nitrogens with one attached hydrogen (secondary N) is 1. The lowest BCUT2D eigenvalue weighted by Crippen LogP contribution is -2.30. The van der Waals surface area contributed by atoms with Gasteiger partial charge in [-0.15, -0.1) is 11.3 Å². The lowest BCUT2D eigenvalue weighted by molar-refractivity contribution is -0.123. The molecule has 1 N–H and O–H groups in total. The number of likely N-dealkylation sites (tertiary alicyclic amines) is 1. The number of thiophene rings is 1. The zero-order chi connectivity index (χ0) is 18.7. The molecule has 0 spiro atoms. The van der Waals surface area contributed by atoms with Crippen molar-refractivity contribution < 1.29 is 14.3 Å². The molecule has 27 heavy (non-hydrogen) atoms. The molecule has 1 aromatic carbocycles. The smallest absolute Gasteiger partial charge is 0.257 e. The number of hydrogen-bond donors (Lipinski definition) is 1. The van der Waals surface area contributed by atoms with Gasteiger partial charge in [0.25, 0.3) is 5.91 Å². The highest BCUT2D eigenvalue weighted by molar-refractivity contribution is 7.10. The van der Waals surface area contributed by atoms with Crippen molar-refractivity contribution in [2.75, 3.05) is 32.8 Å². The van der Waals surface area contributed by atoms with Gasteiger partial charge in [0.1, 0.15) is 11.5 Å². The maximum atomic E-state index is 11.8. The first-order chi connectivity index (χ1) is 13.3. The van der Waals surface area contributed by atoms with Crippen LogP contribution in [0.2, 0.25) is 0 Å². The molecule has 0 radical (unpaired) electrons. The molecule has 2 heterocycles. The van der Waals surface area contributed by atoms with E-state index in [1.165, 1.54) is 37.2 Å². The van der Waals surface area contributed by atoms with Crippen molar-refractivity contribution in [1.82, 2.24) is 10.2 Å². The van der Waals surface area contributed by atoms with E-state index >= 15 is 0 Å². The van der Waals surface area contributed by atoms with Gasteiger partial charge in [-0.2, -0.15) is 0 Å². The van der Waals surface area contributed by atoms with E-state index in [2.05, 4.69) is 21.7 Å². The lowest BCUT2D eigenvalue weighted by atomic mass is 10.1. The third-order valence-corrected chi connectivity index (χ3v) is 5.38. The van der Waals surface area contributed by atoms with Crippen molar-refractivity contribution in [3.05, 3.63) is 46.7 Å². The van der Waals surface area contributed by atoms with Crippen molar-refractivity contribution in [3.8, 4) is 11.5 Å². The van der Waals surface area contributed by atoms with Gasteiger partial charge in [-0.05, 0) is 50.6 Å². The summed E-state index contributed by atoms with van der Waals surface area (Å²) in [7, 11) is 0. The van der Waals surface area contributed by atoms with E-state index in [1.54, 1.807) is 11.3 Å². The predicted octanol–water partition coefficient (Wildman–Crippen LogP) is 3.70. The van der Waals surface area contributed by atoms with Crippen LogP contribution >= 0.6 is 11.3 Å². The average molecular weight is 389 g/mol. The van der Waals surface area contributed by atoms with E-state index in [-0.39, 0.29) is 12.5 Å². The average Bonchev–Trinajstić information content (AvgIpc) is 3.15. The zero-order valence-corrected chi connectivity index (χ0v) is 16.5. The fraction of sp³-hybridized carbons (Fsp3) is 0.476. The second-order valence-electron chi connectivity index (χ2n) is 6.74. The van der Waals surface area contributed by atoms with Gasteiger partial charge in [0.05, 0.1) is 6.61 Å². The maximum Gasteiger partial charge on any atom is 0.257 e. The predicted molar refractivity (Wildman–Crippen MR) is 109 cm³/mol. The Bertz CT molecular complexity index is 684. The summed E-state index contributed by atoms with van der Waals surface area (Å²) >= 11 is 1.76. The van der Waals surface area contributed by atoms with Gasteiger partial charge in [-0.25, -0.2) is 0 Å². The Morgan fingerprint density at radius 3 is 2.70 bits per heavy atom. The van der Waals surface area contributed by atoms with Crippen LogP contribution in [0.5, 0.6) is 11.5 Å². The second kappa shape index (κ2) is 10.9. The number of carbonyl (C=O) groups is 1. The number of benzene rings is 1. The van der Waals surface area contributed by atoms with Crippen LogP contribution in [0.1, 0.15) is 30.6 Å². The minimum atomic E-state index is -0.113. The lowest BCUT2D eigenvalue weighted by Gasteiger charge is -2.25. The minimum Gasteiger partial charge on any atom is -0.493 e. The Labute approximate surface area is 165 Å². The van der Waals surface area contributed by atoms with E-state index in [4.69, 9.17) is 9.47 Å². The molecule has 1 aliphatic heterocycles. The molecule has 1 fully saturated rings. The van der Waals surface area contributed by atoms with Crippen LogP contribution in [0.3, 0.4) is 0 Å². The molecular weight excluding hydrogens is 360 g/mol. The van der Waals surface area contributed by atoms with Gasteiger partial charge in [-0.3, -0.25) is 9.69 Å². The third-order valence-electron chi connectivity index (χ3n) is 4.48. The van der Waals surface area contributed by atoms with Crippen molar-refractivity contribution in [3.63, 3.8) is 0 Å². The Morgan fingerprint density at radius 1 is 1.07 bits per heavy atom. The number of ether oxygens (including phenoxy) is 2. The van der Waals surface area contributed by atoms with Crippen molar-refractivity contribution in [2.24, 2.45) is 0 Å². The fourth-order valence-corrected chi connectivity index (χ4v) is 3.91. The molecule has 0 saturated carbocycles. The SMILES string of the molecule is O=C(COc1ccccc1)NCCCOc1csc(CN2CCCCC2)c1. The highest BCUT2D eigenvalue weighted by Gasteiger charge is 2.11. The Kier molecular flexibility index (Phi) is 7.99. The summed E-state index contributed by atoms with van der Waals surface area (Å²) in [5.74, 6) is 1.53. The molecule has 146 valence electrons. The van der Waals surface area contributed by atoms with Crippen LogP contribution < -0.4 is 14.8 Å². The zero-order valence-electron chi connectivity index (χ0n) is 15.7. The largest absolute Gasteiger partial charge is 0.493 e. The maximum absolute atomic E-state index is 11.8. The van der Waals surface area contributed by atoms with Crippen LogP contribution in [0.25, 0.3) is 0 Å². The van der Waals surface area contributed by atoms with Crippen LogP contribution in [-0.4, -0.2) is 43.7 Å². The molecule has 1 saturated heterocycles. The number of hydrogen-bond acceptors (Lipinski definition) is 5. The van der Waals surface area contributed by atoms with Crippen molar-refractivity contribution in [1.29, 1.82) is 0 Å². The Morgan fingerprint density at radius 2 is 1.89 bits per heavy atom. The highest BCUT2D eigenvalue weighted by atomic mass is 32.1. The number of piperidine rings is 1. The topological polar surface area (TPSA) is 50.8 Å². The molecule has 2 aromatic rings. The fourth-order valence-electron chi connectivity index (χ4n) is 3.06. The molecule has 5 nitrogen and oxygen atoms in total.